The van der Waals surface area contributed by atoms with E-state index in [1.165, 1.54) is 11.3 Å². The number of carbonyl (C=O) groups excluding carboxylic acids is 1. The van der Waals surface area contributed by atoms with Crippen molar-refractivity contribution in [2.24, 2.45) is 0 Å². The predicted octanol–water partition coefficient (Wildman–Crippen LogP) is 2.49. The highest BCUT2D eigenvalue weighted by Crippen LogP contribution is 2.32. The molecule has 108 valence electrons. The highest BCUT2D eigenvalue weighted by Gasteiger charge is 2.23. The van der Waals surface area contributed by atoms with Crippen LogP contribution in [0.15, 0.2) is 12.3 Å². The first kappa shape index (κ1) is 15.1. The van der Waals surface area contributed by atoms with Gasteiger partial charge in [0.2, 0.25) is 0 Å². The van der Waals surface area contributed by atoms with Crippen molar-refractivity contribution in [2.45, 2.75) is 19.4 Å². The largest absolute Gasteiger partial charge is 0.397 e. The molecule has 2 heterocycles. The number of nitrogens with zero attached hydrogens (tertiary/aromatic N) is 3. The smallest absolute Gasteiger partial charge is 0.266 e. The highest BCUT2D eigenvalue weighted by atomic mass is 32.2. The Balaban J connectivity index is 2.24. The molecule has 7 heteroatoms. The van der Waals surface area contributed by atoms with Gasteiger partial charge in [-0.15, -0.1) is 16.4 Å². The Hall–Kier alpha value is -1.34. The van der Waals surface area contributed by atoms with E-state index in [1.54, 1.807) is 28.9 Å². The number of carbonyl (C=O) groups is 1. The zero-order valence-electron chi connectivity index (χ0n) is 11.8. The van der Waals surface area contributed by atoms with Gasteiger partial charge >= 0.3 is 0 Å². The van der Waals surface area contributed by atoms with E-state index in [0.29, 0.717) is 15.4 Å². The van der Waals surface area contributed by atoms with Crippen molar-refractivity contribution in [3.63, 3.8) is 0 Å². The molecule has 2 N–H and O–H groups in total. The zero-order chi connectivity index (χ0) is 14.7. The van der Waals surface area contributed by atoms with Crippen LogP contribution in [0.4, 0.5) is 5.69 Å². The van der Waals surface area contributed by atoms with E-state index in [0.717, 1.165) is 17.6 Å². The maximum Gasteiger partial charge on any atom is 0.266 e. The predicted molar refractivity (Wildman–Crippen MR) is 86.4 cm³/mol. The Morgan fingerprint density at radius 3 is 3.00 bits per heavy atom. The minimum absolute atomic E-state index is 0.0425. The van der Waals surface area contributed by atoms with Crippen molar-refractivity contribution in [1.29, 1.82) is 0 Å². The summed E-state index contributed by atoms with van der Waals surface area (Å²) in [7, 11) is 1.82. The molecule has 0 saturated carbocycles. The lowest BCUT2D eigenvalue weighted by atomic mass is 10.2. The SMILES string of the molecule is CSCCC(C)N(C)C(=O)c1sc2nnccc2c1N. The van der Waals surface area contributed by atoms with E-state index in [-0.39, 0.29) is 11.9 Å². The summed E-state index contributed by atoms with van der Waals surface area (Å²) in [5.41, 5.74) is 6.58. The fourth-order valence-electron chi connectivity index (χ4n) is 1.87. The van der Waals surface area contributed by atoms with Crippen molar-refractivity contribution >= 4 is 44.9 Å². The van der Waals surface area contributed by atoms with E-state index in [2.05, 4.69) is 23.4 Å². The van der Waals surface area contributed by atoms with Gasteiger partial charge in [-0.2, -0.15) is 16.9 Å². The number of rotatable bonds is 5. The van der Waals surface area contributed by atoms with Crippen LogP contribution in [0, 0.1) is 0 Å². The van der Waals surface area contributed by atoms with Crippen LogP contribution in [0.3, 0.4) is 0 Å². The minimum Gasteiger partial charge on any atom is -0.397 e. The molecule has 0 aliphatic carbocycles. The van der Waals surface area contributed by atoms with Crippen LogP contribution in [0.5, 0.6) is 0 Å². The molecule has 20 heavy (non-hydrogen) atoms. The van der Waals surface area contributed by atoms with Gasteiger partial charge in [-0.25, -0.2) is 0 Å². The van der Waals surface area contributed by atoms with Gasteiger partial charge < -0.3 is 10.6 Å². The summed E-state index contributed by atoms with van der Waals surface area (Å²) in [5.74, 6) is 0.991. The van der Waals surface area contributed by atoms with Crippen molar-refractivity contribution in [1.82, 2.24) is 15.1 Å². The van der Waals surface area contributed by atoms with Crippen LogP contribution < -0.4 is 5.73 Å². The van der Waals surface area contributed by atoms with Gasteiger partial charge in [0.05, 0.1) is 11.9 Å². The Morgan fingerprint density at radius 2 is 2.35 bits per heavy atom. The van der Waals surface area contributed by atoms with Crippen LogP contribution in [0.1, 0.15) is 23.0 Å². The third-order valence-electron chi connectivity index (χ3n) is 3.34. The summed E-state index contributed by atoms with van der Waals surface area (Å²) < 4.78 is 0. The van der Waals surface area contributed by atoms with Crippen molar-refractivity contribution in [2.75, 3.05) is 24.8 Å². The van der Waals surface area contributed by atoms with Gasteiger partial charge in [0.15, 0.2) is 0 Å². The molecule has 1 unspecified atom stereocenters. The summed E-state index contributed by atoms with van der Waals surface area (Å²) in [5, 5.41) is 8.64. The molecular weight excluding hydrogens is 292 g/mol. The monoisotopic (exact) mass is 310 g/mol. The van der Waals surface area contributed by atoms with Gasteiger partial charge in [0.25, 0.3) is 5.91 Å². The summed E-state index contributed by atoms with van der Waals surface area (Å²) in [6, 6.07) is 1.98. The number of nitrogens with two attached hydrogens (primary N) is 1. The number of thioether (sulfide) groups is 1. The van der Waals surface area contributed by atoms with Gasteiger partial charge in [0.1, 0.15) is 9.71 Å². The quantitative estimate of drug-likeness (QED) is 0.918. The molecular formula is C13H18N4OS2. The van der Waals surface area contributed by atoms with E-state index in [4.69, 9.17) is 5.73 Å². The number of hydrogen-bond acceptors (Lipinski definition) is 6. The Morgan fingerprint density at radius 1 is 1.60 bits per heavy atom. The highest BCUT2D eigenvalue weighted by molar-refractivity contribution is 7.98. The van der Waals surface area contributed by atoms with Gasteiger partial charge in [-0.05, 0) is 31.4 Å². The Kier molecular flexibility index (Phi) is 4.82. The van der Waals surface area contributed by atoms with Crippen molar-refractivity contribution in [3.05, 3.63) is 17.1 Å². The number of hydrogen-bond donors (Lipinski definition) is 1. The van der Waals surface area contributed by atoms with Crippen LogP contribution in [-0.2, 0) is 0 Å². The second-order valence-electron chi connectivity index (χ2n) is 4.64. The topological polar surface area (TPSA) is 72.1 Å². The molecule has 1 atom stereocenters. The molecule has 5 nitrogen and oxygen atoms in total. The lowest BCUT2D eigenvalue weighted by Crippen LogP contribution is -2.35. The molecule has 0 aliphatic rings. The van der Waals surface area contributed by atoms with E-state index in [9.17, 15) is 4.79 Å². The van der Waals surface area contributed by atoms with Crippen LogP contribution in [-0.4, -0.2) is 46.1 Å². The first-order valence-corrected chi connectivity index (χ1v) is 8.53. The average Bonchev–Trinajstić information content (AvgIpc) is 2.81. The zero-order valence-corrected chi connectivity index (χ0v) is 13.4. The average molecular weight is 310 g/mol. The number of amides is 1. The normalized spacial score (nSPS) is 12.6. The molecule has 0 spiro atoms. The maximum absolute atomic E-state index is 12.5. The lowest BCUT2D eigenvalue weighted by Gasteiger charge is -2.24. The molecule has 0 bridgehead atoms. The molecule has 2 aromatic heterocycles. The van der Waals surface area contributed by atoms with Crippen molar-refractivity contribution < 1.29 is 4.79 Å². The molecule has 0 radical (unpaired) electrons. The van der Waals surface area contributed by atoms with E-state index < -0.39 is 0 Å². The number of aromatic nitrogens is 2. The van der Waals surface area contributed by atoms with Gasteiger partial charge in [-0.3, -0.25) is 4.79 Å². The molecule has 0 aliphatic heterocycles. The van der Waals surface area contributed by atoms with Crippen LogP contribution in [0.25, 0.3) is 10.2 Å². The summed E-state index contributed by atoms with van der Waals surface area (Å²) in [4.78, 5) is 15.6. The number of fused-ring (bicyclic) bond motifs is 1. The molecule has 0 fully saturated rings. The molecule has 0 saturated heterocycles. The van der Waals surface area contributed by atoms with E-state index >= 15 is 0 Å². The Labute approximate surface area is 126 Å². The fraction of sp³-hybridized carbons (Fsp3) is 0.462. The van der Waals surface area contributed by atoms with E-state index in [1.807, 2.05) is 7.05 Å². The third-order valence-corrected chi connectivity index (χ3v) is 5.07. The molecule has 0 aromatic carbocycles. The summed E-state index contributed by atoms with van der Waals surface area (Å²) in [6.07, 6.45) is 4.62. The van der Waals surface area contributed by atoms with Crippen LogP contribution >= 0.6 is 23.1 Å². The molecule has 2 aromatic rings. The summed E-state index contributed by atoms with van der Waals surface area (Å²) in [6.45, 7) is 2.05. The summed E-state index contributed by atoms with van der Waals surface area (Å²) >= 11 is 3.09. The van der Waals surface area contributed by atoms with Crippen molar-refractivity contribution in [3.8, 4) is 0 Å². The Bertz CT molecular complexity index is 613. The number of anilines is 1. The first-order valence-electron chi connectivity index (χ1n) is 6.32. The molecule has 1 amide bonds. The second kappa shape index (κ2) is 6.41. The van der Waals surface area contributed by atoms with Gasteiger partial charge in [-0.1, -0.05) is 0 Å². The first-order chi connectivity index (χ1) is 9.56. The minimum atomic E-state index is -0.0425. The maximum atomic E-state index is 12.5. The second-order valence-corrected chi connectivity index (χ2v) is 6.63. The van der Waals surface area contributed by atoms with Crippen LogP contribution in [0.2, 0.25) is 0 Å². The lowest BCUT2D eigenvalue weighted by molar-refractivity contribution is 0.0747. The standard InChI is InChI=1S/C13H18N4OS2/c1-8(5-7-19-3)17(2)13(18)11-10(14)9-4-6-15-16-12(9)20-11/h4,6,8H,5,7,14H2,1-3H3. The number of thiophene rings is 1. The number of nitrogen functional groups attached to an aromatic ring is 1. The fourth-order valence-corrected chi connectivity index (χ4v) is 3.47. The third kappa shape index (κ3) is 2.88. The van der Waals surface area contributed by atoms with Gasteiger partial charge in [0, 0.05) is 18.5 Å². The molecule has 2 rings (SSSR count).